The number of carbonyl (C=O) groups excluding carboxylic acids is 1. The van der Waals surface area contributed by atoms with Gasteiger partial charge in [-0.3, -0.25) is 4.79 Å². The Morgan fingerprint density at radius 3 is 2.94 bits per heavy atom. The molecule has 0 radical (unpaired) electrons. The maximum Gasteiger partial charge on any atom is 0.327 e. The number of carbonyl (C=O) groups is 2. The smallest absolute Gasteiger partial charge is 0.327 e. The van der Waals surface area contributed by atoms with Crippen molar-refractivity contribution < 1.29 is 19.4 Å². The zero-order valence-electron chi connectivity index (χ0n) is 9.42. The monoisotopic (exact) mass is 260 g/mol. The number of carboxylic acid groups (broad SMARTS) is 1. The summed E-state index contributed by atoms with van der Waals surface area (Å²) in [5.74, 6) is 0.107. The molecule has 2 rings (SSSR count). The number of morpholine rings is 1. The molecule has 17 heavy (non-hydrogen) atoms. The Labute approximate surface area is 104 Å². The van der Waals surface area contributed by atoms with Crippen molar-refractivity contribution in [2.45, 2.75) is 12.1 Å². The molecule has 2 unspecified atom stereocenters. The van der Waals surface area contributed by atoms with Gasteiger partial charge in [-0.2, -0.15) is 11.8 Å². The maximum absolute atomic E-state index is 12.2. The third kappa shape index (κ3) is 2.91. The average molecular weight is 260 g/mol. The number of hydrogen-bond acceptors (Lipinski definition) is 5. The zero-order chi connectivity index (χ0) is 12.3. The van der Waals surface area contributed by atoms with Gasteiger partial charge in [-0.15, -0.1) is 0 Å². The number of rotatable bonds is 2. The molecule has 0 aromatic carbocycles. The van der Waals surface area contributed by atoms with Gasteiger partial charge in [0.1, 0.15) is 12.1 Å². The largest absolute Gasteiger partial charge is 0.480 e. The number of hydrogen-bond donors (Lipinski definition) is 2. The molecule has 0 aromatic rings. The Hall–Kier alpha value is -0.790. The van der Waals surface area contributed by atoms with Crippen LogP contribution in [0.5, 0.6) is 0 Å². The van der Waals surface area contributed by atoms with Gasteiger partial charge in [-0.1, -0.05) is 0 Å². The number of ether oxygens (including phenoxy) is 1. The van der Waals surface area contributed by atoms with Crippen molar-refractivity contribution in [3.8, 4) is 0 Å². The van der Waals surface area contributed by atoms with Crippen LogP contribution in [0, 0.1) is 0 Å². The summed E-state index contributed by atoms with van der Waals surface area (Å²) in [5.41, 5.74) is 0. The fourth-order valence-electron chi connectivity index (χ4n) is 1.98. The Kier molecular flexibility index (Phi) is 4.25. The van der Waals surface area contributed by atoms with Gasteiger partial charge >= 0.3 is 5.97 Å². The van der Waals surface area contributed by atoms with Crippen LogP contribution in [0.2, 0.25) is 0 Å². The van der Waals surface area contributed by atoms with Gasteiger partial charge in [0.05, 0.1) is 6.61 Å². The SMILES string of the molecule is O=C(O)C1CSCCN1C(=O)C1CNCCO1. The Morgan fingerprint density at radius 2 is 2.29 bits per heavy atom. The minimum absolute atomic E-state index is 0.204. The van der Waals surface area contributed by atoms with E-state index in [0.29, 0.717) is 25.4 Å². The molecular weight excluding hydrogens is 244 g/mol. The molecule has 2 atom stereocenters. The van der Waals surface area contributed by atoms with E-state index in [0.717, 1.165) is 12.3 Å². The molecule has 1 amide bonds. The molecule has 0 saturated carbocycles. The standard InChI is InChI=1S/C10H16N2O4S/c13-9(8-5-11-1-3-16-8)12-2-4-17-6-7(12)10(14)15/h7-8,11H,1-6H2,(H,14,15). The molecule has 2 fully saturated rings. The third-order valence-corrected chi connectivity index (χ3v) is 3.92. The van der Waals surface area contributed by atoms with E-state index in [4.69, 9.17) is 9.84 Å². The Bertz CT molecular complexity index is 307. The highest BCUT2D eigenvalue weighted by Gasteiger charge is 2.36. The van der Waals surface area contributed by atoms with Crippen LogP contribution in [0.1, 0.15) is 0 Å². The first-order valence-corrected chi connectivity index (χ1v) is 6.79. The molecule has 0 bridgehead atoms. The molecule has 0 aromatic heterocycles. The summed E-state index contributed by atoms with van der Waals surface area (Å²) in [6, 6.07) is -0.716. The van der Waals surface area contributed by atoms with Crippen molar-refractivity contribution in [2.24, 2.45) is 0 Å². The van der Waals surface area contributed by atoms with E-state index < -0.39 is 18.1 Å². The summed E-state index contributed by atoms with van der Waals surface area (Å²) < 4.78 is 5.37. The lowest BCUT2D eigenvalue weighted by atomic mass is 10.2. The van der Waals surface area contributed by atoms with Gasteiger partial charge in [-0.25, -0.2) is 4.79 Å². The van der Waals surface area contributed by atoms with Gasteiger partial charge in [0.2, 0.25) is 0 Å². The molecule has 2 aliphatic heterocycles. The number of thioether (sulfide) groups is 1. The first-order valence-electron chi connectivity index (χ1n) is 5.63. The van der Waals surface area contributed by atoms with E-state index >= 15 is 0 Å². The second-order valence-electron chi connectivity index (χ2n) is 4.02. The first-order chi connectivity index (χ1) is 8.20. The summed E-state index contributed by atoms with van der Waals surface area (Å²) in [4.78, 5) is 24.7. The summed E-state index contributed by atoms with van der Waals surface area (Å²) >= 11 is 1.57. The van der Waals surface area contributed by atoms with Crippen molar-refractivity contribution >= 4 is 23.6 Å². The molecule has 2 aliphatic rings. The minimum atomic E-state index is -0.936. The van der Waals surface area contributed by atoms with Crippen LogP contribution >= 0.6 is 11.8 Å². The number of nitrogens with one attached hydrogen (secondary N) is 1. The van der Waals surface area contributed by atoms with E-state index in [1.807, 2.05) is 0 Å². The summed E-state index contributed by atoms with van der Waals surface area (Å²) in [5, 5.41) is 12.2. The summed E-state index contributed by atoms with van der Waals surface area (Å²) in [6.45, 7) is 2.19. The normalized spacial score (nSPS) is 30.0. The van der Waals surface area contributed by atoms with Crippen LogP contribution in [0.25, 0.3) is 0 Å². The lowest BCUT2D eigenvalue weighted by Gasteiger charge is -2.36. The number of nitrogens with zero attached hydrogens (tertiary/aromatic N) is 1. The Morgan fingerprint density at radius 1 is 1.47 bits per heavy atom. The van der Waals surface area contributed by atoms with E-state index in [2.05, 4.69) is 5.32 Å². The second-order valence-corrected chi connectivity index (χ2v) is 5.17. The molecule has 0 spiro atoms. The molecule has 96 valence electrons. The van der Waals surface area contributed by atoms with Gasteiger partial charge in [0, 0.05) is 31.1 Å². The highest BCUT2D eigenvalue weighted by atomic mass is 32.2. The van der Waals surface area contributed by atoms with E-state index in [-0.39, 0.29) is 5.91 Å². The van der Waals surface area contributed by atoms with Crippen LogP contribution in [-0.2, 0) is 14.3 Å². The van der Waals surface area contributed by atoms with Gasteiger partial charge < -0.3 is 20.1 Å². The highest BCUT2D eigenvalue weighted by molar-refractivity contribution is 7.99. The predicted molar refractivity (Wildman–Crippen MR) is 63.1 cm³/mol. The van der Waals surface area contributed by atoms with Crippen molar-refractivity contribution in [1.29, 1.82) is 0 Å². The molecule has 0 aliphatic carbocycles. The van der Waals surface area contributed by atoms with Crippen LogP contribution in [0.4, 0.5) is 0 Å². The van der Waals surface area contributed by atoms with E-state index in [1.54, 1.807) is 11.8 Å². The zero-order valence-corrected chi connectivity index (χ0v) is 10.2. The highest BCUT2D eigenvalue weighted by Crippen LogP contribution is 2.18. The van der Waals surface area contributed by atoms with Crippen molar-refractivity contribution in [3.63, 3.8) is 0 Å². The van der Waals surface area contributed by atoms with Crippen molar-refractivity contribution in [1.82, 2.24) is 10.2 Å². The molecule has 2 N–H and O–H groups in total. The summed E-state index contributed by atoms with van der Waals surface area (Å²) in [6.07, 6.45) is -0.534. The predicted octanol–water partition coefficient (Wildman–Crippen LogP) is -0.997. The molecule has 6 nitrogen and oxygen atoms in total. The van der Waals surface area contributed by atoms with Crippen LogP contribution in [0.15, 0.2) is 0 Å². The van der Waals surface area contributed by atoms with Crippen molar-refractivity contribution in [2.75, 3.05) is 37.7 Å². The second kappa shape index (κ2) is 5.70. The maximum atomic E-state index is 12.2. The van der Waals surface area contributed by atoms with Crippen LogP contribution in [0.3, 0.4) is 0 Å². The topological polar surface area (TPSA) is 78.9 Å². The fourth-order valence-corrected chi connectivity index (χ4v) is 3.02. The average Bonchev–Trinajstić information content (AvgIpc) is 2.39. The van der Waals surface area contributed by atoms with E-state index in [9.17, 15) is 9.59 Å². The molecule has 7 heteroatoms. The summed E-state index contributed by atoms with van der Waals surface area (Å²) in [7, 11) is 0. The van der Waals surface area contributed by atoms with Gasteiger partial charge in [-0.05, 0) is 0 Å². The molecule has 2 saturated heterocycles. The number of amides is 1. The van der Waals surface area contributed by atoms with Crippen molar-refractivity contribution in [3.05, 3.63) is 0 Å². The molecule has 2 heterocycles. The lowest BCUT2D eigenvalue weighted by molar-refractivity contribution is -0.156. The number of carboxylic acids is 1. The molecular formula is C10H16N2O4S. The Balaban J connectivity index is 2.02. The first kappa shape index (κ1) is 12.7. The quantitative estimate of drug-likeness (QED) is 0.663. The van der Waals surface area contributed by atoms with Gasteiger partial charge in [0.25, 0.3) is 5.91 Å². The minimum Gasteiger partial charge on any atom is -0.480 e. The third-order valence-electron chi connectivity index (χ3n) is 2.90. The van der Waals surface area contributed by atoms with Crippen LogP contribution in [-0.4, -0.2) is 71.8 Å². The lowest BCUT2D eigenvalue weighted by Crippen LogP contribution is -2.56. The fraction of sp³-hybridized carbons (Fsp3) is 0.800. The number of aliphatic carboxylic acids is 1. The van der Waals surface area contributed by atoms with Crippen LogP contribution < -0.4 is 5.32 Å². The van der Waals surface area contributed by atoms with E-state index in [1.165, 1.54) is 4.90 Å². The van der Waals surface area contributed by atoms with Gasteiger partial charge in [0.15, 0.2) is 0 Å².